The summed E-state index contributed by atoms with van der Waals surface area (Å²) in [5.41, 5.74) is 3.52. The van der Waals surface area contributed by atoms with Crippen molar-refractivity contribution in [3.8, 4) is 11.1 Å². The minimum absolute atomic E-state index is 0.181. The lowest BCUT2D eigenvalue weighted by Gasteiger charge is -2.06. The number of hydrogen-bond donors (Lipinski definition) is 0. The minimum Gasteiger partial charge on any atom is -0.294 e. The van der Waals surface area contributed by atoms with Gasteiger partial charge in [0.25, 0.3) is 0 Å². The van der Waals surface area contributed by atoms with Crippen molar-refractivity contribution in [2.45, 2.75) is 19.8 Å². The van der Waals surface area contributed by atoms with Gasteiger partial charge < -0.3 is 0 Å². The molecule has 1 aromatic carbocycles. The molecule has 106 valence electrons. The van der Waals surface area contributed by atoms with E-state index in [4.69, 9.17) is 0 Å². The summed E-state index contributed by atoms with van der Waals surface area (Å²) < 4.78 is 2.60. The van der Waals surface area contributed by atoms with E-state index >= 15 is 0 Å². The van der Waals surface area contributed by atoms with Crippen LogP contribution in [0.1, 0.15) is 30.1 Å². The molecule has 5 heteroatoms. The number of nitrogens with zero attached hydrogens (tertiary/aromatic N) is 3. The summed E-state index contributed by atoms with van der Waals surface area (Å²) in [5.74, 6) is 0.181. The summed E-state index contributed by atoms with van der Waals surface area (Å²) in [6.07, 6.45) is 4.87. The molecule has 0 aliphatic carbocycles. The van der Waals surface area contributed by atoms with Crippen LogP contribution in [0.15, 0.2) is 47.3 Å². The fourth-order valence-corrected chi connectivity index (χ4v) is 2.82. The molecule has 0 radical (unpaired) electrons. The van der Waals surface area contributed by atoms with Gasteiger partial charge in [0.05, 0.1) is 4.47 Å². The Morgan fingerprint density at radius 2 is 2.14 bits per heavy atom. The molecule has 0 saturated carbocycles. The Labute approximate surface area is 131 Å². The summed E-state index contributed by atoms with van der Waals surface area (Å²) >= 11 is 3.51. The molecule has 0 amide bonds. The monoisotopic (exact) mass is 343 g/mol. The van der Waals surface area contributed by atoms with Gasteiger partial charge >= 0.3 is 0 Å². The summed E-state index contributed by atoms with van der Waals surface area (Å²) in [4.78, 5) is 16.2. The van der Waals surface area contributed by atoms with E-state index < -0.39 is 0 Å². The number of carbonyl (C=O) groups is 1. The van der Waals surface area contributed by atoms with Gasteiger partial charge in [-0.1, -0.05) is 25.1 Å². The normalized spacial score (nSPS) is 11.0. The number of carbonyl (C=O) groups excluding carboxylic acids is 1. The Bertz CT molecular complexity index is 810. The molecule has 0 bridgehead atoms. The molecule has 0 atom stereocenters. The Balaban J connectivity index is 2.06. The first-order chi connectivity index (χ1) is 10.2. The molecule has 0 N–H and O–H groups in total. The molecule has 0 fully saturated rings. The third kappa shape index (κ3) is 2.74. The van der Waals surface area contributed by atoms with E-state index in [1.807, 2.05) is 43.5 Å². The number of pyridine rings is 1. The van der Waals surface area contributed by atoms with Crippen molar-refractivity contribution in [1.82, 2.24) is 14.6 Å². The van der Waals surface area contributed by atoms with E-state index in [2.05, 4.69) is 26.0 Å². The van der Waals surface area contributed by atoms with E-state index in [1.54, 1.807) is 4.52 Å². The van der Waals surface area contributed by atoms with Gasteiger partial charge in [-0.3, -0.25) is 4.79 Å². The zero-order valence-electron chi connectivity index (χ0n) is 11.6. The third-order valence-electron chi connectivity index (χ3n) is 3.33. The van der Waals surface area contributed by atoms with Gasteiger partial charge in [-0.15, -0.1) is 0 Å². The average molecular weight is 344 g/mol. The van der Waals surface area contributed by atoms with Crippen LogP contribution in [0.4, 0.5) is 0 Å². The number of ketones is 1. The van der Waals surface area contributed by atoms with Crippen LogP contribution in [0.25, 0.3) is 16.8 Å². The number of rotatable bonds is 4. The van der Waals surface area contributed by atoms with Crippen molar-refractivity contribution in [2.24, 2.45) is 0 Å². The second kappa shape index (κ2) is 5.77. The standard InChI is InChI=1S/C16H14BrN3O/c1-2-4-15(21)12-6-3-5-11(7-12)13-8-14(17)16-18-10-19-20(16)9-13/h3,5-10H,2,4H2,1H3. The topological polar surface area (TPSA) is 47.3 Å². The maximum Gasteiger partial charge on any atom is 0.169 e. The van der Waals surface area contributed by atoms with Crippen LogP contribution >= 0.6 is 15.9 Å². The SMILES string of the molecule is CCCC(=O)c1cccc(-c2cc(Br)c3ncnn3c2)c1. The summed E-state index contributed by atoms with van der Waals surface area (Å²) in [6, 6.07) is 9.70. The van der Waals surface area contributed by atoms with E-state index in [0.29, 0.717) is 6.42 Å². The van der Waals surface area contributed by atoms with Crippen LogP contribution < -0.4 is 0 Å². The maximum atomic E-state index is 12.0. The first-order valence-corrected chi connectivity index (χ1v) is 7.61. The highest BCUT2D eigenvalue weighted by Crippen LogP contribution is 2.26. The Kier molecular flexibility index (Phi) is 3.84. The van der Waals surface area contributed by atoms with Crippen molar-refractivity contribution < 1.29 is 4.79 Å². The second-order valence-corrected chi connectivity index (χ2v) is 5.71. The van der Waals surface area contributed by atoms with Crippen molar-refractivity contribution in [3.63, 3.8) is 0 Å². The molecule has 21 heavy (non-hydrogen) atoms. The van der Waals surface area contributed by atoms with Gasteiger partial charge in [-0.25, -0.2) is 9.50 Å². The lowest BCUT2D eigenvalue weighted by Crippen LogP contribution is -1.98. The van der Waals surface area contributed by atoms with Crippen molar-refractivity contribution in [2.75, 3.05) is 0 Å². The van der Waals surface area contributed by atoms with Gasteiger partial charge in [-0.05, 0) is 40.0 Å². The van der Waals surface area contributed by atoms with Crippen LogP contribution in [0.2, 0.25) is 0 Å². The summed E-state index contributed by atoms with van der Waals surface area (Å²) in [6.45, 7) is 2.01. The van der Waals surface area contributed by atoms with Crippen LogP contribution in [0, 0.1) is 0 Å². The predicted octanol–water partition coefficient (Wildman–Crippen LogP) is 4.14. The predicted molar refractivity (Wildman–Crippen MR) is 85.4 cm³/mol. The van der Waals surface area contributed by atoms with E-state index in [-0.39, 0.29) is 5.78 Å². The first kappa shape index (κ1) is 13.9. The fourth-order valence-electron chi connectivity index (χ4n) is 2.29. The van der Waals surface area contributed by atoms with E-state index in [9.17, 15) is 4.79 Å². The van der Waals surface area contributed by atoms with Crippen molar-refractivity contribution in [1.29, 1.82) is 0 Å². The number of Topliss-reactive ketones (excluding diaryl/α,β-unsaturated/α-hetero) is 1. The molecule has 2 heterocycles. The molecule has 2 aromatic heterocycles. The van der Waals surface area contributed by atoms with Crippen molar-refractivity contribution in [3.05, 3.63) is 52.9 Å². The number of benzene rings is 1. The molecular formula is C16H14BrN3O. The van der Waals surface area contributed by atoms with Crippen molar-refractivity contribution >= 4 is 27.4 Å². The number of aromatic nitrogens is 3. The molecule has 0 spiro atoms. The molecule has 4 nitrogen and oxygen atoms in total. The molecule has 0 aliphatic heterocycles. The van der Waals surface area contributed by atoms with Gasteiger partial charge in [0.15, 0.2) is 11.4 Å². The Morgan fingerprint density at radius 1 is 1.29 bits per heavy atom. The third-order valence-corrected chi connectivity index (χ3v) is 3.91. The summed E-state index contributed by atoms with van der Waals surface area (Å²) in [7, 11) is 0. The van der Waals surface area contributed by atoms with Gasteiger partial charge in [-0.2, -0.15) is 5.10 Å². The van der Waals surface area contributed by atoms with Gasteiger partial charge in [0.2, 0.25) is 0 Å². The average Bonchev–Trinajstić information content (AvgIpc) is 2.96. The van der Waals surface area contributed by atoms with Crippen LogP contribution in [0.3, 0.4) is 0 Å². The lowest BCUT2D eigenvalue weighted by molar-refractivity contribution is 0.0982. The fraction of sp³-hybridized carbons (Fsp3) is 0.188. The molecule has 0 saturated heterocycles. The zero-order chi connectivity index (χ0) is 14.8. The zero-order valence-corrected chi connectivity index (χ0v) is 13.2. The number of hydrogen-bond acceptors (Lipinski definition) is 3. The lowest BCUT2D eigenvalue weighted by atomic mass is 10.0. The molecule has 0 aliphatic rings. The number of halogens is 1. The van der Waals surface area contributed by atoms with E-state index in [0.717, 1.165) is 33.2 Å². The Morgan fingerprint density at radius 3 is 2.95 bits per heavy atom. The van der Waals surface area contributed by atoms with Crippen LogP contribution in [-0.4, -0.2) is 20.4 Å². The minimum atomic E-state index is 0.181. The molecular weight excluding hydrogens is 330 g/mol. The summed E-state index contributed by atoms with van der Waals surface area (Å²) in [5, 5.41) is 4.16. The maximum absolute atomic E-state index is 12.0. The van der Waals surface area contributed by atoms with E-state index in [1.165, 1.54) is 6.33 Å². The highest BCUT2D eigenvalue weighted by Gasteiger charge is 2.09. The highest BCUT2D eigenvalue weighted by atomic mass is 79.9. The van der Waals surface area contributed by atoms with Gasteiger partial charge in [0, 0.05) is 23.7 Å². The van der Waals surface area contributed by atoms with Crippen LogP contribution in [0.5, 0.6) is 0 Å². The highest BCUT2D eigenvalue weighted by molar-refractivity contribution is 9.10. The van der Waals surface area contributed by atoms with Crippen LogP contribution in [-0.2, 0) is 0 Å². The largest absolute Gasteiger partial charge is 0.294 e. The van der Waals surface area contributed by atoms with Gasteiger partial charge in [0.1, 0.15) is 6.33 Å². The molecule has 3 rings (SSSR count). The quantitative estimate of drug-likeness (QED) is 0.668. The number of fused-ring (bicyclic) bond motifs is 1. The Hall–Kier alpha value is -2.01. The first-order valence-electron chi connectivity index (χ1n) is 6.81. The smallest absolute Gasteiger partial charge is 0.169 e. The second-order valence-electron chi connectivity index (χ2n) is 4.86. The molecule has 0 unspecified atom stereocenters. The molecule has 3 aromatic rings.